The van der Waals surface area contributed by atoms with Crippen LogP contribution in [0.1, 0.15) is 31.0 Å². The molecule has 3 heteroatoms. The zero-order chi connectivity index (χ0) is 12.1. The van der Waals surface area contributed by atoms with Crippen molar-refractivity contribution in [1.29, 1.82) is 5.26 Å². The molecule has 0 aromatic heterocycles. The lowest BCUT2D eigenvalue weighted by Crippen LogP contribution is -2.24. The first-order valence-corrected chi connectivity index (χ1v) is 6.23. The van der Waals surface area contributed by atoms with Crippen LogP contribution in [0, 0.1) is 24.2 Å². The minimum Gasteiger partial charge on any atom is -0.298 e. The van der Waals surface area contributed by atoms with Crippen molar-refractivity contribution < 1.29 is 0 Å². The van der Waals surface area contributed by atoms with Crippen molar-refractivity contribution >= 4 is 15.9 Å². The third kappa shape index (κ3) is 3.62. The van der Waals surface area contributed by atoms with E-state index in [1.807, 2.05) is 25.1 Å². The summed E-state index contributed by atoms with van der Waals surface area (Å²) in [6, 6.07) is 8.12. The highest BCUT2D eigenvalue weighted by Gasteiger charge is 2.13. The van der Waals surface area contributed by atoms with Gasteiger partial charge in [-0.3, -0.25) is 5.32 Å². The van der Waals surface area contributed by atoms with Gasteiger partial charge in [0.1, 0.15) is 6.04 Å². The predicted octanol–water partition coefficient (Wildman–Crippen LogP) is 3.57. The smallest absolute Gasteiger partial charge is 0.122 e. The van der Waals surface area contributed by atoms with Crippen LogP contribution in [-0.2, 0) is 0 Å². The molecule has 0 spiro atoms. The molecule has 1 aromatic rings. The van der Waals surface area contributed by atoms with Gasteiger partial charge in [0, 0.05) is 4.47 Å². The Hall–Kier alpha value is -0.850. The number of aryl methyl sites for hydroxylation is 1. The monoisotopic (exact) mass is 280 g/mol. The molecule has 0 amide bonds. The first-order chi connectivity index (χ1) is 7.54. The third-order valence-electron chi connectivity index (χ3n) is 2.33. The van der Waals surface area contributed by atoms with Gasteiger partial charge in [-0.05, 0) is 36.6 Å². The van der Waals surface area contributed by atoms with E-state index >= 15 is 0 Å². The second-order valence-corrected chi connectivity index (χ2v) is 5.24. The third-order valence-corrected chi connectivity index (χ3v) is 3.01. The van der Waals surface area contributed by atoms with E-state index in [2.05, 4.69) is 41.2 Å². The van der Waals surface area contributed by atoms with Gasteiger partial charge in [0.25, 0.3) is 0 Å². The van der Waals surface area contributed by atoms with Crippen LogP contribution in [0.25, 0.3) is 0 Å². The van der Waals surface area contributed by atoms with Gasteiger partial charge in [0.05, 0.1) is 6.07 Å². The summed E-state index contributed by atoms with van der Waals surface area (Å²) in [6.07, 6.45) is 0. The Balaban J connectivity index is 2.84. The molecule has 0 heterocycles. The average Bonchev–Trinajstić information content (AvgIpc) is 2.21. The molecular weight excluding hydrogens is 264 g/mol. The summed E-state index contributed by atoms with van der Waals surface area (Å²) in [6.45, 7) is 7.15. The second-order valence-electron chi connectivity index (χ2n) is 4.39. The van der Waals surface area contributed by atoms with E-state index in [0.717, 1.165) is 16.6 Å². The molecule has 1 rings (SSSR count). The molecule has 1 aromatic carbocycles. The summed E-state index contributed by atoms with van der Waals surface area (Å²) in [4.78, 5) is 0. The van der Waals surface area contributed by atoms with Crippen LogP contribution < -0.4 is 5.32 Å². The Bertz CT molecular complexity index is 393. The van der Waals surface area contributed by atoms with Gasteiger partial charge in [-0.15, -0.1) is 0 Å². The number of hydrogen-bond acceptors (Lipinski definition) is 2. The minimum absolute atomic E-state index is 0.239. The minimum atomic E-state index is -0.239. The van der Waals surface area contributed by atoms with Crippen molar-refractivity contribution in [2.45, 2.75) is 26.8 Å². The maximum atomic E-state index is 9.15. The molecule has 16 heavy (non-hydrogen) atoms. The zero-order valence-corrected chi connectivity index (χ0v) is 11.5. The molecule has 2 nitrogen and oxygen atoms in total. The highest BCUT2D eigenvalue weighted by atomic mass is 79.9. The summed E-state index contributed by atoms with van der Waals surface area (Å²) >= 11 is 3.50. The number of halogens is 1. The molecule has 0 aliphatic heterocycles. The lowest BCUT2D eigenvalue weighted by Gasteiger charge is -2.15. The van der Waals surface area contributed by atoms with Crippen molar-refractivity contribution in [3.8, 4) is 6.07 Å². The highest BCUT2D eigenvalue weighted by molar-refractivity contribution is 9.10. The standard InChI is InChI=1S/C13H17BrN2/c1-9(2)8-16-13(7-15)11-5-4-10(3)6-12(11)14/h4-6,9,13,16H,8H2,1-3H3. The molecule has 0 fully saturated rings. The van der Waals surface area contributed by atoms with Crippen molar-refractivity contribution in [2.24, 2.45) is 5.92 Å². The van der Waals surface area contributed by atoms with Crippen LogP contribution in [0.4, 0.5) is 0 Å². The van der Waals surface area contributed by atoms with Crippen LogP contribution in [0.2, 0.25) is 0 Å². The van der Waals surface area contributed by atoms with E-state index in [-0.39, 0.29) is 6.04 Å². The average molecular weight is 281 g/mol. The molecule has 86 valence electrons. The Morgan fingerprint density at radius 2 is 2.12 bits per heavy atom. The van der Waals surface area contributed by atoms with Crippen LogP contribution in [-0.4, -0.2) is 6.54 Å². The largest absolute Gasteiger partial charge is 0.298 e. The highest BCUT2D eigenvalue weighted by Crippen LogP contribution is 2.24. The first-order valence-electron chi connectivity index (χ1n) is 5.43. The molecule has 0 saturated carbocycles. The predicted molar refractivity (Wildman–Crippen MR) is 70.1 cm³/mol. The van der Waals surface area contributed by atoms with Crippen LogP contribution in [0.15, 0.2) is 22.7 Å². The van der Waals surface area contributed by atoms with Crippen LogP contribution >= 0.6 is 15.9 Å². The van der Waals surface area contributed by atoms with Gasteiger partial charge in [-0.2, -0.15) is 5.26 Å². The number of nitriles is 1. The summed E-state index contributed by atoms with van der Waals surface area (Å²) in [5, 5.41) is 12.4. The van der Waals surface area contributed by atoms with Crippen LogP contribution in [0.5, 0.6) is 0 Å². The van der Waals surface area contributed by atoms with Gasteiger partial charge < -0.3 is 0 Å². The molecule has 0 aliphatic carbocycles. The number of benzene rings is 1. The van der Waals surface area contributed by atoms with Gasteiger partial charge in [-0.25, -0.2) is 0 Å². The van der Waals surface area contributed by atoms with Gasteiger partial charge >= 0.3 is 0 Å². The molecule has 0 aliphatic rings. The molecular formula is C13H17BrN2. The van der Waals surface area contributed by atoms with Crippen molar-refractivity contribution in [3.63, 3.8) is 0 Å². The quantitative estimate of drug-likeness (QED) is 0.915. The number of nitrogens with one attached hydrogen (secondary N) is 1. The fourth-order valence-electron chi connectivity index (χ4n) is 1.44. The van der Waals surface area contributed by atoms with Gasteiger partial charge in [-0.1, -0.05) is 41.9 Å². The Morgan fingerprint density at radius 1 is 1.44 bits per heavy atom. The Labute approximate surface area is 106 Å². The first kappa shape index (κ1) is 13.2. The fraction of sp³-hybridized carbons (Fsp3) is 0.462. The topological polar surface area (TPSA) is 35.8 Å². The van der Waals surface area contributed by atoms with Crippen molar-refractivity contribution in [1.82, 2.24) is 5.32 Å². The fourth-order valence-corrected chi connectivity index (χ4v) is 2.17. The molecule has 1 atom stereocenters. The molecule has 1 unspecified atom stereocenters. The van der Waals surface area contributed by atoms with Crippen molar-refractivity contribution in [3.05, 3.63) is 33.8 Å². The van der Waals surface area contributed by atoms with E-state index in [1.165, 1.54) is 5.56 Å². The van der Waals surface area contributed by atoms with E-state index in [4.69, 9.17) is 5.26 Å². The lowest BCUT2D eigenvalue weighted by atomic mass is 10.1. The number of rotatable bonds is 4. The Kier molecular flexibility index (Phi) is 4.98. The molecule has 0 bridgehead atoms. The number of nitrogens with zero attached hydrogens (tertiary/aromatic N) is 1. The molecule has 1 N–H and O–H groups in total. The summed E-state index contributed by atoms with van der Waals surface area (Å²) in [5.41, 5.74) is 2.20. The van der Waals surface area contributed by atoms with Crippen LogP contribution in [0.3, 0.4) is 0 Å². The summed E-state index contributed by atoms with van der Waals surface area (Å²) in [5.74, 6) is 0.542. The maximum Gasteiger partial charge on any atom is 0.122 e. The van der Waals surface area contributed by atoms with Gasteiger partial charge in [0.15, 0.2) is 0 Å². The van der Waals surface area contributed by atoms with Crippen molar-refractivity contribution in [2.75, 3.05) is 6.54 Å². The van der Waals surface area contributed by atoms with E-state index < -0.39 is 0 Å². The summed E-state index contributed by atoms with van der Waals surface area (Å²) < 4.78 is 0.996. The van der Waals surface area contributed by atoms with E-state index in [0.29, 0.717) is 5.92 Å². The van der Waals surface area contributed by atoms with Gasteiger partial charge in [0.2, 0.25) is 0 Å². The van der Waals surface area contributed by atoms with E-state index in [9.17, 15) is 0 Å². The normalized spacial score (nSPS) is 12.5. The molecule has 0 saturated heterocycles. The SMILES string of the molecule is Cc1ccc(C(C#N)NCC(C)C)c(Br)c1. The zero-order valence-electron chi connectivity index (χ0n) is 9.92. The second kappa shape index (κ2) is 6.03. The summed E-state index contributed by atoms with van der Waals surface area (Å²) in [7, 11) is 0. The molecule has 0 radical (unpaired) electrons. The van der Waals surface area contributed by atoms with E-state index in [1.54, 1.807) is 0 Å². The maximum absolute atomic E-state index is 9.15. The lowest BCUT2D eigenvalue weighted by molar-refractivity contribution is 0.524. The Morgan fingerprint density at radius 3 is 2.62 bits per heavy atom. The number of hydrogen-bond donors (Lipinski definition) is 1.